The number of hydrogen-bond acceptors (Lipinski definition) is 4. The second-order valence-electron chi connectivity index (χ2n) is 6.49. The summed E-state index contributed by atoms with van der Waals surface area (Å²) < 4.78 is 39.2. The Morgan fingerprint density at radius 3 is 2.35 bits per heavy atom. The Hall–Kier alpha value is -3.02. The van der Waals surface area contributed by atoms with Crippen LogP contribution in [-0.2, 0) is 6.18 Å². The quantitative estimate of drug-likeness (QED) is 0.471. The average Bonchev–Trinajstić information content (AvgIpc) is 2.73. The molecule has 0 bridgehead atoms. The van der Waals surface area contributed by atoms with E-state index < -0.39 is 17.8 Å². The van der Waals surface area contributed by atoms with Gasteiger partial charge in [-0.3, -0.25) is 14.6 Å². The molecule has 0 aliphatic carbocycles. The molecular formula is C21H16F3IN4O2. The number of aryl methyl sites for hydroxylation is 1. The first-order valence-electron chi connectivity index (χ1n) is 8.94. The normalized spacial score (nSPS) is 11.2. The van der Waals surface area contributed by atoms with Gasteiger partial charge in [0.05, 0.1) is 22.5 Å². The van der Waals surface area contributed by atoms with Gasteiger partial charge in [-0.1, -0.05) is 0 Å². The zero-order valence-corrected chi connectivity index (χ0v) is 18.5. The van der Waals surface area contributed by atoms with Crippen LogP contribution in [0.2, 0.25) is 0 Å². The molecule has 6 nitrogen and oxygen atoms in total. The molecule has 2 N–H and O–H groups in total. The lowest BCUT2D eigenvalue weighted by molar-refractivity contribution is -0.141. The van der Waals surface area contributed by atoms with Crippen LogP contribution in [0, 0.1) is 10.5 Å². The Labute approximate surface area is 189 Å². The van der Waals surface area contributed by atoms with Gasteiger partial charge >= 0.3 is 6.18 Å². The van der Waals surface area contributed by atoms with Crippen LogP contribution in [0.15, 0.2) is 48.7 Å². The van der Waals surface area contributed by atoms with E-state index in [4.69, 9.17) is 0 Å². The number of rotatable bonds is 4. The largest absolute Gasteiger partial charge is 0.433 e. The molecule has 0 atom stereocenters. The fourth-order valence-electron chi connectivity index (χ4n) is 2.79. The van der Waals surface area contributed by atoms with Gasteiger partial charge in [-0.15, -0.1) is 0 Å². The number of alkyl halides is 3. The van der Waals surface area contributed by atoms with E-state index in [0.717, 1.165) is 21.3 Å². The Bertz CT molecular complexity index is 1150. The zero-order valence-electron chi connectivity index (χ0n) is 16.3. The zero-order chi connectivity index (χ0) is 22.8. The van der Waals surface area contributed by atoms with Crippen molar-refractivity contribution in [1.82, 2.24) is 15.3 Å². The molecule has 0 fully saturated rings. The molecule has 3 rings (SSSR count). The molecule has 0 aliphatic heterocycles. The lowest BCUT2D eigenvalue weighted by Gasteiger charge is -2.12. The maximum Gasteiger partial charge on any atom is 0.433 e. The van der Waals surface area contributed by atoms with Gasteiger partial charge in [0.1, 0.15) is 5.69 Å². The number of anilines is 1. The molecule has 0 saturated carbocycles. The van der Waals surface area contributed by atoms with Crippen LogP contribution in [0.5, 0.6) is 0 Å². The molecule has 2 heterocycles. The molecule has 2 aromatic heterocycles. The van der Waals surface area contributed by atoms with Crippen molar-refractivity contribution in [1.29, 1.82) is 0 Å². The second kappa shape index (κ2) is 9.00. The van der Waals surface area contributed by atoms with Gasteiger partial charge in [0, 0.05) is 28.1 Å². The Balaban J connectivity index is 1.85. The molecule has 2 amide bonds. The van der Waals surface area contributed by atoms with E-state index in [0.29, 0.717) is 16.9 Å². The van der Waals surface area contributed by atoms with Crippen LogP contribution in [-0.4, -0.2) is 28.8 Å². The number of benzene rings is 1. The van der Waals surface area contributed by atoms with Crippen molar-refractivity contribution in [3.05, 3.63) is 74.7 Å². The highest BCUT2D eigenvalue weighted by Gasteiger charge is 2.33. The third-order valence-corrected chi connectivity index (χ3v) is 5.31. The van der Waals surface area contributed by atoms with Crippen molar-refractivity contribution in [2.45, 2.75) is 13.1 Å². The minimum absolute atomic E-state index is 0.0236. The Morgan fingerprint density at radius 2 is 1.77 bits per heavy atom. The van der Waals surface area contributed by atoms with Crippen molar-refractivity contribution >= 4 is 40.1 Å². The summed E-state index contributed by atoms with van der Waals surface area (Å²) in [5, 5.41) is 5.20. The summed E-state index contributed by atoms with van der Waals surface area (Å²) in [6, 6.07) is 10.4. The predicted octanol–water partition coefficient (Wildman–Crippen LogP) is 4.69. The van der Waals surface area contributed by atoms with Crippen LogP contribution in [0.3, 0.4) is 0 Å². The maximum atomic E-state index is 12.8. The second-order valence-corrected chi connectivity index (χ2v) is 7.65. The third kappa shape index (κ3) is 5.19. The van der Waals surface area contributed by atoms with Crippen molar-refractivity contribution < 1.29 is 22.8 Å². The summed E-state index contributed by atoms with van der Waals surface area (Å²) in [6.07, 6.45) is -3.13. The molecule has 0 spiro atoms. The van der Waals surface area contributed by atoms with E-state index in [1.165, 1.54) is 20.2 Å². The first-order chi connectivity index (χ1) is 14.6. The number of nitrogens with zero attached hydrogens (tertiary/aromatic N) is 2. The summed E-state index contributed by atoms with van der Waals surface area (Å²) >= 11 is 2.12. The SMILES string of the molecule is CNC(=O)c1ccc(-c2cc(NC(=O)c3ccc(C(F)(F)F)nc3C)ccc2I)nc1. The number of carbonyl (C=O) groups is 2. The van der Waals surface area contributed by atoms with Gasteiger partial charge in [-0.05, 0) is 72.0 Å². The smallest absolute Gasteiger partial charge is 0.355 e. The lowest BCUT2D eigenvalue weighted by atomic mass is 10.1. The standard InChI is InChI=1S/C21H16F3IN4O2/c1-11-14(5-8-18(28-11)21(22,23)24)20(31)29-13-4-6-16(25)15(9-13)17-7-3-12(10-27-17)19(30)26-2/h3-10H,1-2H3,(H,26,30)(H,29,31). The summed E-state index contributed by atoms with van der Waals surface area (Å²) in [5.41, 5.74) is 1.15. The van der Waals surface area contributed by atoms with E-state index in [1.54, 1.807) is 30.3 Å². The molecule has 10 heteroatoms. The molecule has 0 aliphatic rings. The topological polar surface area (TPSA) is 84.0 Å². The number of nitrogens with one attached hydrogen (secondary N) is 2. The Morgan fingerprint density at radius 1 is 1.03 bits per heavy atom. The number of hydrogen-bond donors (Lipinski definition) is 2. The van der Waals surface area contributed by atoms with Gasteiger partial charge in [0.25, 0.3) is 11.8 Å². The van der Waals surface area contributed by atoms with Crippen LogP contribution in [0.25, 0.3) is 11.3 Å². The molecule has 31 heavy (non-hydrogen) atoms. The number of halogens is 4. The monoisotopic (exact) mass is 540 g/mol. The number of amides is 2. The molecule has 0 saturated heterocycles. The first-order valence-corrected chi connectivity index (χ1v) is 10.0. The third-order valence-electron chi connectivity index (χ3n) is 4.37. The first kappa shape index (κ1) is 22.7. The molecule has 160 valence electrons. The van der Waals surface area contributed by atoms with Gasteiger partial charge in [0.15, 0.2) is 0 Å². The van der Waals surface area contributed by atoms with Gasteiger partial charge in [-0.2, -0.15) is 13.2 Å². The summed E-state index contributed by atoms with van der Waals surface area (Å²) in [7, 11) is 1.53. The summed E-state index contributed by atoms with van der Waals surface area (Å²) in [6.45, 7) is 1.35. The maximum absolute atomic E-state index is 12.8. The highest BCUT2D eigenvalue weighted by atomic mass is 127. The van der Waals surface area contributed by atoms with Crippen molar-refractivity contribution in [3.63, 3.8) is 0 Å². The van der Waals surface area contributed by atoms with E-state index in [-0.39, 0.29) is 17.2 Å². The Kier molecular flexibility index (Phi) is 6.58. The number of carbonyl (C=O) groups excluding carboxylic acids is 2. The van der Waals surface area contributed by atoms with E-state index >= 15 is 0 Å². The molecule has 1 aromatic carbocycles. The molecule has 0 radical (unpaired) electrons. The highest BCUT2D eigenvalue weighted by molar-refractivity contribution is 14.1. The van der Waals surface area contributed by atoms with Crippen molar-refractivity contribution in [2.24, 2.45) is 0 Å². The number of aromatic nitrogens is 2. The molecule has 0 unspecified atom stereocenters. The van der Waals surface area contributed by atoms with E-state index in [1.807, 2.05) is 0 Å². The van der Waals surface area contributed by atoms with E-state index in [9.17, 15) is 22.8 Å². The average molecular weight is 540 g/mol. The summed E-state index contributed by atoms with van der Waals surface area (Å²) in [4.78, 5) is 32.1. The fraction of sp³-hybridized carbons (Fsp3) is 0.143. The minimum atomic E-state index is -4.58. The molecular weight excluding hydrogens is 524 g/mol. The van der Waals surface area contributed by atoms with Gasteiger partial charge in [0.2, 0.25) is 0 Å². The van der Waals surface area contributed by atoms with Gasteiger partial charge in [-0.25, -0.2) is 4.98 Å². The fourth-order valence-corrected chi connectivity index (χ4v) is 3.40. The van der Waals surface area contributed by atoms with Crippen LogP contribution in [0.4, 0.5) is 18.9 Å². The van der Waals surface area contributed by atoms with Gasteiger partial charge < -0.3 is 10.6 Å². The van der Waals surface area contributed by atoms with Crippen molar-refractivity contribution in [2.75, 3.05) is 12.4 Å². The lowest BCUT2D eigenvalue weighted by Crippen LogP contribution is -2.17. The minimum Gasteiger partial charge on any atom is -0.355 e. The molecule has 3 aromatic rings. The number of pyridine rings is 2. The highest BCUT2D eigenvalue weighted by Crippen LogP contribution is 2.29. The van der Waals surface area contributed by atoms with E-state index in [2.05, 4.69) is 43.2 Å². The van der Waals surface area contributed by atoms with Crippen molar-refractivity contribution in [3.8, 4) is 11.3 Å². The van der Waals surface area contributed by atoms with Crippen LogP contribution in [0.1, 0.15) is 32.1 Å². The van der Waals surface area contributed by atoms with Crippen LogP contribution >= 0.6 is 22.6 Å². The van der Waals surface area contributed by atoms with Crippen LogP contribution < -0.4 is 10.6 Å². The summed E-state index contributed by atoms with van der Waals surface area (Å²) in [5.74, 6) is -0.830. The predicted molar refractivity (Wildman–Crippen MR) is 118 cm³/mol.